The molecule has 3 aliphatic rings. The van der Waals surface area contributed by atoms with Crippen molar-refractivity contribution in [3.05, 3.63) is 70.0 Å². The second-order valence-corrected chi connectivity index (χ2v) is 10.2. The molecule has 3 atom stereocenters. The third-order valence-electron chi connectivity index (χ3n) is 7.81. The molecule has 36 heavy (non-hydrogen) atoms. The lowest BCUT2D eigenvalue weighted by atomic mass is 9.59. The molecule has 0 aliphatic heterocycles. The Bertz CT molecular complexity index is 1420. The van der Waals surface area contributed by atoms with Crippen LogP contribution in [-0.4, -0.2) is 43.5 Å². The van der Waals surface area contributed by atoms with Gasteiger partial charge < -0.3 is 26.2 Å². The summed E-state index contributed by atoms with van der Waals surface area (Å²) in [6.07, 6.45) is 0.0272. The molecule has 2 aromatic rings. The van der Waals surface area contributed by atoms with Crippen LogP contribution >= 0.6 is 0 Å². The third kappa shape index (κ3) is 3.21. The number of phenols is 1. The first-order chi connectivity index (χ1) is 17.0. The molecule has 0 radical (unpaired) electrons. The molecular weight excluding hydrogens is 462 g/mol. The maximum Gasteiger partial charge on any atom is 0.255 e. The molecule has 0 aromatic heterocycles. The van der Waals surface area contributed by atoms with Gasteiger partial charge in [0.05, 0.1) is 5.56 Å². The van der Waals surface area contributed by atoms with Crippen molar-refractivity contribution in [2.24, 2.45) is 17.6 Å². The average Bonchev–Trinajstić information content (AvgIpc) is 2.81. The number of nitrogens with two attached hydrogens (primary N) is 1. The van der Waals surface area contributed by atoms with Crippen LogP contribution in [0.25, 0.3) is 16.9 Å². The lowest BCUT2D eigenvalue weighted by molar-refractivity contribution is -0.147. The summed E-state index contributed by atoms with van der Waals surface area (Å²) in [6.45, 7) is 4.17. The molecule has 186 valence electrons. The van der Waals surface area contributed by atoms with Crippen molar-refractivity contribution in [3.8, 4) is 16.9 Å². The summed E-state index contributed by atoms with van der Waals surface area (Å²) < 4.78 is 0. The van der Waals surface area contributed by atoms with Gasteiger partial charge in [0.25, 0.3) is 5.91 Å². The van der Waals surface area contributed by atoms with Crippen molar-refractivity contribution in [2.45, 2.75) is 44.6 Å². The van der Waals surface area contributed by atoms with Crippen molar-refractivity contribution >= 4 is 23.2 Å². The standard InChI is InChI=1S/C28H27NO7/c1-12(2)13-4-3-5-14(8-13)17-6-7-19(30)22-18(17)10-15-9-16-11-20(31)23(27(29)35)26(34)28(16,36)25(33)21(15)24(22)32/h3-8,12,15-16,30,32,34,36H,9-11H2,1-2H3,(H2,29,35)/t15-,16+,28+/m1/s1. The molecule has 0 unspecified atom stereocenters. The largest absolute Gasteiger partial charge is 0.508 e. The van der Waals surface area contributed by atoms with Gasteiger partial charge in [-0.25, -0.2) is 0 Å². The predicted octanol–water partition coefficient (Wildman–Crippen LogP) is 3.21. The van der Waals surface area contributed by atoms with E-state index in [0.29, 0.717) is 11.5 Å². The van der Waals surface area contributed by atoms with E-state index < -0.39 is 52.0 Å². The van der Waals surface area contributed by atoms with Gasteiger partial charge >= 0.3 is 0 Å². The van der Waals surface area contributed by atoms with Gasteiger partial charge in [0.2, 0.25) is 5.78 Å². The van der Waals surface area contributed by atoms with E-state index in [9.17, 15) is 34.8 Å². The number of carbonyl (C=O) groups excluding carboxylic acids is 3. The number of fused-ring (bicyclic) bond motifs is 3. The molecule has 1 saturated carbocycles. The number of benzene rings is 2. The summed E-state index contributed by atoms with van der Waals surface area (Å²) in [5.74, 6) is -6.03. The Morgan fingerprint density at radius 3 is 2.47 bits per heavy atom. The molecule has 8 nitrogen and oxygen atoms in total. The van der Waals surface area contributed by atoms with Gasteiger partial charge in [0.15, 0.2) is 11.4 Å². The first kappa shape index (κ1) is 23.8. The van der Waals surface area contributed by atoms with Crippen molar-refractivity contribution in [3.63, 3.8) is 0 Å². The number of primary amides is 1. The van der Waals surface area contributed by atoms with Gasteiger partial charge in [-0.05, 0) is 53.0 Å². The van der Waals surface area contributed by atoms with Gasteiger partial charge in [-0.15, -0.1) is 0 Å². The van der Waals surface area contributed by atoms with Crippen molar-refractivity contribution < 1.29 is 34.8 Å². The molecule has 1 amide bonds. The number of aliphatic hydroxyl groups is 3. The number of rotatable bonds is 3. The number of aromatic hydroxyl groups is 1. The topological polar surface area (TPSA) is 158 Å². The summed E-state index contributed by atoms with van der Waals surface area (Å²) in [7, 11) is 0. The van der Waals surface area contributed by atoms with Crippen LogP contribution < -0.4 is 5.73 Å². The first-order valence-electron chi connectivity index (χ1n) is 11.9. The molecular formula is C28H27NO7. The molecule has 2 aromatic carbocycles. The Balaban J connectivity index is 1.69. The number of amides is 1. The van der Waals surface area contributed by atoms with Gasteiger partial charge in [-0.3, -0.25) is 14.4 Å². The first-order valence-corrected chi connectivity index (χ1v) is 11.9. The third-order valence-corrected chi connectivity index (χ3v) is 7.81. The quantitative estimate of drug-likeness (QED) is 0.414. The van der Waals surface area contributed by atoms with E-state index in [4.69, 9.17) is 5.73 Å². The predicted molar refractivity (Wildman–Crippen MR) is 131 cm³/mol. The number of carbonyl (C=O) groups is 3. The van der Waals surface area contributed by atoms with Crippen LogP contribution in [0.1, 0.15) is 49.3 Å². The maximum absolute atomic E-state index is 13.6. The average molecular weight is 490 g/mol. The summed E-state index contributed by atoms with van der Waals surface area (Å²) in [6, 6.07) is 11.2. The molecule has 0 heterocycles. The van der Waals surface area contributed by atoms with Gasteiger partial charge in [0, 0.05) is 17.9 Å². The highest BCUT2D eigenvalue weighted by Crippen LogP contribution is 2.53. The SMILES string of the molecule is CC(C)c1cccc(-c2ccc(O)c3c2C[C@H]2C[C@H]4CC(=O)C(C(N)=O)=C(O)[C@@]4(O)C(=O)C2=C3O)c1. The summed E-state index contributed by atoms with van der Waals surface area (Å²) in [5.41, 5.74) is 5.28. The molecule has 0 bridgehead atoms. The van der Waals surface area contributed by atoms with E-state index in [0.717, 1.165) is 16.7 Å². The van der Waals surface area contributed by atoms with Crippen LogP contribution in [0.3, 0.4) is 0 Å². The Morgan fingerprint density at radius 1 is 1.08 bits per heavy atom. The van der Waals surface area contributed by atoms with Gasteiger partial charge in [-0.1, -0.05) is 44.2 Å². The van der Waals surface area contributed by atoms with Crippen LogP contribution in [0.5, 0.6) is 5.75 Å². The lowest BCUT2D eigenvalue weighted by Gasteiger charge is -2.46. The lowest BCUT2D eigenvalue weighted by Crippen LogP contribution is -2.58. The molecule has 3 aliphatic carbocycles. The van der Waals surface area contributed by atoms with Crippen LogP contribution in [0, 0.1) is 11.8 Å². The number of hydrogen-bond acceptors (Lipinski definition) is 7. The summed E-state index contributed by atoms with van der Waals surface area (Å²) >= 11 is 0. The second kappa shape index (κ2) is 8.06. The molecule has 0 spiro atoms. The molecule has 8 heteroatoms. The molecule has 6 N–H and O–H groups in total. The van der Waals surface area contributed by atoms with Gasteiger partial charge in [0.1, 0.15) is 22.8 Å². The van der Waals surface area contributed by atoms with E-state index in [2.05, 4.69) is 13.8 Å². The number of hydrogen-bond donors (Lipinski definition) is 5. The summed E-state index contributed by atoms with van der Waals surface area (Å²) in [5, 5.41) is 43.9. The van der Waals surface area contributed by atoms with E-state index in [1.54, 1.807) is 6.07 Å². The van der Waals surface area contributed by atoms with Crippen molar-refractivity contribution in [1.29, 1.82) is 0 Å². The smallest absolute Gasteiger partial charge is 0.255 e. The number of Topliss-reactive ketones (excluding diaryl/α,β-unsaturated/α-hetero) is 2. The van der Waals surface area contributed by atoms with Crippen LogP contribution in [0.2, 0.25) is 0 Å². The minimum Gasteiger partial charge on any atom is -0.508 e. The van der Waals surface area contributed by atoms with Crippen LogP contribution in [-0.2, 0) is 20.8 Å². The zero-order valence-corrected chi connectivity index (χ0v) is 19.9. The van der Waals surface area contributed by atoms with E-state index in [1.807, 2.05) is 24.3 Å². The Morgan fingerprint density at radius 2 is 1.81 bits per heavy atom. The van der Waals surface area contributed by atoms with Crippen LogP contribution in [0.15, 0.2) is 53.3 Å². The van der Waals surface area contributed by atoms with E-state index in [-0.39, 0.29) is 36.1 Å². The summed E-state index contributed by atoms with van der Waals surface area (Å²) in [4.78, 5) is 37.9. The fourth-order valence-corrected chi connectivity index (χ4v) is 5.96. The van der Waals surface area contributed by atoms with Crippen molar-refractivity contribution in [2.75, 3.05) is 0 Å². The van der Waals surface area contributed by atoms with E-state index >= 15 is 0 Å². The Hall–Kier alpha value is -3.91. The van der Waals surface area contributed by atoms with Crippen LogP contribution in [0.4, 0.5) is 0 Å². The zero-order chi connectivity index (χ0) is 26.1. The fraction of sp³-hybridized carbons (Fsp3) is 0.321. The normalized spacial score (nSPS) is 25.6. The molecule has 0 saturated heterocycles. The van der Waals surface area contributed by atoms with Gasteiger partial charge in [-0.2, -0.15) is 0 Å². The highest BCUT2D eigenvalue weighted by atomic mass is 16.3. The monoisotopic (exact) mass is 489 g/mol. The number of ketones is 2. The number of aliphatic hydroxyl groups excluding tert-OH is 2. The molecule has 5 rings (SSSR count). The number of phenolic OH excluding ortho intramolecular Hbond substituents is 1. The van der Waals surface area contributed by atoms with E-state index in [1.165, 1.54) is 6.07 Å². The van der Waals surface area contributed by atoms with Crippen molar-refractivity contribution in [1.82, 2.24) is 0 Å². The zero-order valence-electron chi connectivity index (χ0n) is 19.9. The highest BCUT2D eigenvalue weighted by molar-refractivity contribution is 6.22. The maximum atomic E-state index is 13.6. The minimum atomic E-state index is -2.56. The Kier molecular flexibility index (Phi) is 5.33. The fourth-order valence-electron chi connectivity index (χ4n) is 5.96. The minimum absolute atomic E-state index is 0.0922. The second-order valence-electron chi connectivity index (χ2n) is 10.2. The Labute approximate surface area is 207 Å². The highest BCUT2D eigenvalue weighted by Gasteiger charge is 2.60. The molecule has 1 fully saturated rings.